The van der Waals surface area contributed by atoms with Gasteiger partial charge in [0.1, 0.15) is 11.5 Å². The van der Waals surface area contributed by atoms with E-state index in [4.69, 9.17) is 9.05 Å². The first-order valence-corrected chi connectivity index (χ1v) is 14.6. The number of hydrogen-bond acceptors (Lipinski definition) is 2. The molecule has 0 aliphatic carbocycles. The van der Waals surface area contributed by atoms with Crippen molar-refractivity contribution in [1.29, 1.82) is 0 Å². The average molecular weight is 487 g/mol. The molecule has 0 aromatic heterocycles. The summed E-state index contributed by atoms with van der Waals surface area (Å²) >= 11 is 0. The van der Waals surface area contributed by atoms with E-state index >= 15 is 4.20 Å². The molecule has 1 aliphatic heterocycles. The summed E-state index contributed by atoms with van der Waals surface area (Å²) in [6.45, 7) is 13.4. The molecule has 0 saturated carbocycles. The predicted molar refractivity (Wildman–Crippen MR) is 144 cm³/mol. The molecule has 3 unspecified atom stereocenters. The minimum absolute atomic E-state index is 0.0834. The summed E-state index contributed by atoms with van der Waals surface area (Å²) < 4.78 is 27.3. The van der Waals surface area contributed by atoms with Gasteiger partial charge in [0.25, 0.3) is 0 Å². The van der Waals surface area contributed by atoms with Gasteiger partial charge in [0.2, 0.25) is 0 Å². The highest BCUT2D eigenvalue weighted by atomic mass is 31.2. The number of hydrogen-bond donors (Lipinski definition) is 0. The second-order valence-electron chi connectivity index (χ2n) is 10.0. The van der Waals surface area contributed by atoms with Gasteiger partial charge in [-0.1, -0.05) is 85.1 Å². The van der Waals surface area contributed by atoms with Gasteiger partial charge < -0.3 is 9.05 Å². The zero-order valence-corrected chi connectivity index (χ0v) is 23.1. The molecule has 3 atom stereocenters. The standard InChI is InChI=1S/C30H44FO2P/c1-7-11-14-23-17-24(15-12-8-2)29-27(18-23)22(6)28-20-26(21(5)10-4)19-25(16-13-9-3)30(28)33-34(31)32-29/h17-22H,7-16H2,1-6H3. The van der Waals surface area contributed by atoms with Crippen LogP contribution in [0.25, 0.3) is 0 Å². The monoisotopic (exact) mass is 486 g/mol. The summed E-state index contributed by atoms with van der Waals surface area (Å²) in [4.78, 5) is 0. The minimum atomic E-state index is -2.54. The first-order valence-electron chi connectivity index (χ1n) is 13.6. The van der Waals surface area contributed by atoms with Gasteiger partial charge in [-0.15, -0.1) is 4.20 Å². The number of rotatable bonds is 11. The predicted octanol–water partition coefficient (Wildman–Crippen LogP) is 10.3. The number of halogens is 1. The van der Waals surface area contributed by atoms with Crippen LogP contribution in [0.3, 0.4) is 0 Å². The van der Waals surface area contributed by atoms with Crippen molar-refractivity contribution >= 4 is 8.69 Å². The molecule has 1 aliphatic rings. The van der Waals surface area contributed by atoms with E-state index in [1.54, 1.807) is 0 Å². The summed E-state index contributed by atoms with van der Waals surface area (Å²) in [6, 6.07) is 9.08. The van der Waals surface area contributed by atoms with E-state index in [0.717, 1.165) is 91.5 Å². The lowest BCUT2D eigenvalue weighted by Crippen LogP contribution is -2.12. The Balaban J connectivity index is 2.20. The average Bonchev–Trinajstić information content (AvgIpc) is 2.84. The van der Waals surface area contributed by atoms with Crippen LogP contribution in [-0.4, -0.2) is 0 Å². The largest absolute Gasteiger partial charge is 0.505 e. The molecular formula is C30H44FO2P. The number of unbranched alkanes of at least 4 members (excludes halogenated alkanes) is 3. The molecule has 4 heteroatoms. The molecule has 2 aromatic rings. The van der Waals surface area contributed by atoms with E-state index in [0.29, 0.717) is 5.92 Å². The van der Waals surface area contributed by atoms with E-state index in [-0.39, 0.29) is 5.92 Å². The number of aryl methyl sites for hydroxylation is 3. The van der Waals surface area contributed by atoms with Gasteiger partial charge in [-0.05, 0) is 73.1 Å². The molecule has 0 amide bonds. The van der Waals surface area contributed by atoms with Gasteiger partial charge in [0.05, 0.1) is 0 Å². The van der Waals surface area contributed by atoms with Crippen molar-refractivity contribution in [1.82, 2.24) is 0 Å². The number of benzene rings is 2. The highest BCUT2D eigenvalue weighted by Crippen LogP contribution is 2.53. The molecular weight excluding hydrogens is 442 g/mol. The van der Waals surface area contributed by atoms with Crippen LogP contribution in [-0.2, 0) is 19.3 Å². The molecule has 34 heavy (non-hydrogen) atoms. The molecule has 0 N–H and O–H groups in total. The fraction of sp³-hybridized carbons (Fsp3) is 0.600. The summed E-state index contributed by atoms with van der Waals surface area (Å²) in [5, 5.41) is 0. The third kappa shape index (κ3) is 6.34. The van der Waals surface area contributed by atoms with Gasteiger partial charge in [-0.2, -0.15) is 0 Å². The summed E-state index contributed by atoms with van der Waals surface area (Å²) in [7, 11) is -2.54. The molecule has 0 radical (unpaired) electrons. The van der Waals surface area contributed by atoms with Crippen LogP contribution in [0.4, 0.5) is 4.20 Å². The second kappa shape index (κ2) is 12.9. The van der Waals surface area contributed by atoms with Crippen LogP contribution < -0.4 is 9.05 Å². The van der Waals surface area contributed by atoms with Crippen LogP contribution in [0.2, 0.25) is 0 Å². The molecule has 0 bridgehead atoms. The van der Waals surface area contributed by atoms with E-state index in [1.807, 2.05) is 0 Å². The van der Waals surface area contributed by atoms with Gasteiger partial charge >= 0.3 is 8.69 Å². The molecule has 3 rings (SSSR count). The van der Waals surface area contributed by atoms with Crippen molar-refractivity contribution in [2.75, 3.05) is 0 Å². The molecule has 0 fully saturated rings. The quantitative estimate of drug-likeness (QED) is 0.294. The molecule has 188 valence electrons. The van der Waals surface area contributed by atoms with Crippen LogP contribution in [0.5, 0.6) is 11.5 Å². The zero-order chi connectivity index (χ0) is 24.7. The lowest BCUT2D eigenvalue weighted by molar-refractivity contribution is 0.418. The van der Waals surface area contributed by atoms with E-state index in [2.05, 4.69) is 65.8 Å². The smallest absolute Gasteiger partial charge is 0.414 e. The lowest BCUT2D eigenvalue weighted by Gasteiger charge is -2.29. The van der Waals surface area contributed by atoms with Crippen LogP contribution >= 0.6 is 8.69 Å². The summed E-state index contributed by atoms with van der Waals surface area (Å²) in [6.07, 6.45) is 10.6. The van der Waals surface area contributed by atoms with Gasteiger partial charge in [-0.3, -0.25) is 0 Å². The maximum absolute atomic E-state index is 15.4. The molecule has 0 saturated heterocycles. The highest BCUT2D eigenvalue weighted by molar-refractivity contribution is 7.42. The Morgan fingerprint density at radius 1 is 0.794 bits per heavy atom. The maximum atomic E-state index is 15.4. The van der Waals surface area contributed by atoms with Crippen LogP contribution in [0.1, 0.15) is 132 Å². The fourth-order valence-electron chi connectivity index (χ4n) is 4.87. The van der Waals surface area contributed by atoms with Crippen molar-refractivity contribution in [3.05, 3.63) is 57.6 Å². The van der Waals surface area contributed by atoms with E-state index in [1.165, 1.54) is 17.5 Å². The SMILES string of the molecule is CCCCc1cc(CCCC)c2c(c1)C(C)c1cc(C(C)CC)cc(CCCC)c1OP(F)O2. The van der Waals surface area contributed by atoms with Crippen molar-refractivity contribution in [3.8, 4) is 11.5 Å². The first kappa shape index (κ1) is 27.0. The minimum Gasteiger partial charge on any atom is -0.414 e. The van der Waals surface area contributed by atoms with Crippen molar-refractivity contribution in [2.24, 2.45) is 0 Å². The first-order chi connectivity index (χ1) is 16.4. The molecule has 0 spiro atoms. The Hall–Kier alpha value is -1.60. The third-order valence-corrected chi connectivity index (χ3v) is 7.98. The topological polar surface area (TPSA) is 18.5 Å². The zero-order valence-electron chi connectivity index (χ0n) is 22.2. The Morgan fingerprint density at radius 2 is 1.32 bits per heavy atom. The summed E-state index contributed by atoms with van der Waals surface area (Å²) in [5.41, 5.74) is 7.19. The van der Waals surface area contributed by atoms with Crippen molar-refractivity contribution < 1.29 is 13.2 Å². The Kier molecular flexibility index (Phi) is 10.3. The van der Waals surface area contributed by atoms with Gasteiger partial charge in [0.15, 0.2) is 0 Å². The highest BCUT2D eigenvalue weighted by Gasteiger charge is 2.31. The van der Waals surface area contributed by atoms with Crippen LogP contribution in [0, 0.1) is 0 Å². The Labute approximate surface area is 208 Å². The molecule has 1 heterocycles. The van der Waals surface area contributed by atoms with E-state index < -0.39 is 8.69 Å². The van der Waals surface area contributed by atoms with Crippen molar-refractivity contribution in [3.63, 3.8) is 0 Å². The fourth-order valence-corrected chi connectivity index (χ4v) is 5.64. The Morgan fingerprint density at radius 3 is 1.88 bits per heavy atom. The normalized spacial score (nSPS) is 18.2. The van der Waals surface area contributed by atoms with Gasteiger partial charge in [-0.25, -0.2) is 0 Å². The lowest BCUT2D eigenvalue weighted by atomic mass is 9.83. The van der Waals surface area contributed by atoms with Crippen molar-refractivity contribution in [2.45, 2.75) is 118 Å². The molecule has 2 aromatic carbocycles. The molecule has 2 nitrogen and oxygen atoms in total. The Bertz CT molecular complexity index is 942. The number of fused-ring (bicyclic) bond motifs is 2. The van der Waals surface area contributed by atoms with E-state index in [9.17, 15) is 0 Å². The maximum Gasteiger partial charge on any atom is 0.505 e. The third-order valence-electron chi connectivity index (χ3n) is 7.33. The van der Waals surface area contributed by atoms with Crippen LogP contribution in [0.15, 0.2) is 24.3 Å². The summed E-state index contributed by atoms with van der Waals surface area (Å²) in [5.74, 6) is 1.99. The van der Waals surface area contributed by atoms with Gasteiger partial charge in [0, 0.05) is 17.0 Å². The second-order valence-corrected chi connectivity index (χ2v) is 10.8.